The summed E-state index contributed by atoms with van der Waals surface area (Å²) in [7, 11) is 1.80. The Morgan fingerprint density at radius 2 is 1.76 bits per heavy atom. The lowest BCUT2D eigenvalue weighted by atomic mass is 10.1. The van der Waals surface area contributed by atoms with Crippen LogP contribution in [0.2, 0.25) is 0 Å². The highest BCUT2D eigenvalue weighted by atomic mass is 127. The summed E-state index contributed by atoms with van der Waals surface area (Å²) in [4.78, 5) is 4.23. The van der Waals surface area contributed by atoms with E-state index in [0.29, 0.717) is 5.92 Å². The van der Waals surface area contributed by atoms with Gasteiger partial charge in [-0.3, -0.25) is 4.99 Å². The van der Waals surface area contributed by atoms with Crippen molar-refractivity contribution in [2.45, 2.75) is 20.4 Å². The van der Waals surface area contributed by atoms with E-state index in [-0.39, 0.29) is 24.0 Å². The van der Waals surface area contributed by atoms with Crippen molar-refractivity contribution in [1.29, 1.82) is 0 Å². The minimum absolute atomic E-state index is 0. The summed E-state index contributed by atoms with van der Waals surface area (Å²) in [5.41, 5.74) is 1.26. The maximum Gasteiger partial charge on any atom is 0.191 e. The number of aliphatic imine (C=N–C) groups is 1. The number of fused-ring (bicyclic) bond motifs is 1. The van der Waals surface area contributed by atoms with Crippen LogP contribution in [0.1, 0.15) is 19.4 Å². The first-order valence-corrected chi connectivity index (χ1v) is 7.11. The second-order valence-electron chi connectivity index (χ2n) is 5.38. The number of benzene rings is 2. The summed E-state index contributed by atoms with van der Waals surface area (Å²) >= 11 is 0. The van der Waals surface area contributed by atoms with Gasteiger partial charge in [-0.1, -0.05) is 50.2 Å². The van der Waals surface area contributed by atoms with Crippen LogP contribution < -0.4 is 10.6 Å². The molecule has 2 aromatic rings. The van der Waals surface area contributed by atoms with Gasteiger partial charge < -0.3 is 10.6 Å². The zero-order valence-corrected chi connectivity index (χ0v) is 15.2. The van der Waals surface area contributed by atoms with Crippen molar-refractivity contribution < 1.29 is 0 Å². The molecule has 114 valence electrons. The Hall–Kier alpha value is -1.30. The van der Waals surface area contributed by atoms with E-state index in [1.807, 2.05) is 0 Å². The molecule has 3 nitrogen and oxygen atoms in total. The maximum absolute atomic E-state index is 4.23. The molecule has 0 unspecified atom stereocenters. The van der Waals surface area contributed by atoms with E-state index in [9.17, 15) is 0 Å². The van der Waals surface area contributed by atoms with Gasteiger partial charge >= 0.3 is 0 Å². The molecule has 0 atom stereocenters. The van der Waals surface area contributed by atoms with Gasteiger partial charge in [0.25, 0.3) is 0 Å². The average molecular weight is 397 g/mol. The summed E-state index contributed by atoms with van der Waals surface area (Å²) < 4.78 is 0. The Morgan fingerprint density at radius 3 is 2.43 bits per heavy atom. The van der Waals surface area contributed by atoms with Gasteiger partial charge in [-0.15, -0.1) is 24.0 Å². The molecule has 0 radical (unpaired) electrons. The second-order valence-corrected chi connectivity index (χ2v) is 5.38. The van der Waals surface area contributed by atoms with Gasteiger partial charge in [0.1, 0.15) is 0 Å². The summed E-state index contributed by atoms with van der Waals surface area (Å²) in [6.45, 7) is 6.08. The molecular weight excluding hydrogens is 373 g/mol. The van der Waals surface area contributed by atoms with E-state index in [1.165, 1.54) is 16.3 Å². The summed E-state index contributed by atoms with van der Waals surface area (Å²) in [6.07, 6.45) is 0. The van der Waals surface area contributed by atoms with E-state index >= 15 is 0 Å². The Kier molecular flexibility index (Phi) is 7.50. The molecule has 0 heterocycles. The average Bonchev–Trinajstić information content (AvgIpc) is 2.47. The van der Waals surface area contributed by atoms with E-state index in [2.05, 4.69) is 71.9 Å². The largest absolute Gasteiger partial charge is 0.356 e. The SMILES string of the molecule is CN=C(NCc1ccc2ccccc2c1)NCC(C)C.I. The van der Waals surface area contributed by atoms with E-state index in [0.717, 1.165) is 19.0 Å². The van der Waals surface area contributed by atoms with Gasteiger partial charge in [-0.2, -0.15) is 0 Å². The van der Waals surface area contributed by atoms with Crippen LogP contribution >= 0.6 is 24.0 Å². The van der Waals surface area contributed by atoms with Crippen LogP contribution in [0.25, 0.3) is 10.8 Å². The summed E-state index contributed by atoms with van der Waals surface area (Å²) in [5.74, 6) is 1.46. The van der Waals surface area contributed by atoms with Crippen LogP contribution in [0.5, 0.6) is 0 Å². The van der Waals surface area contributed by atoms with Crippen molar-refractivity contribution in [3.8, 4) is 0 Å². The Morgan fingerprint density at radius 1 is 1.05 bits per heavy atom. The monoisotopic (exact) mass is 397 g/mol. The molecule has 0 aliphatic heterocycles. The molecule has 0 amide bonds. The lowest BCUT2D eigenvalue weighted by molar-refractivity contribution is 0.614. The predicted molar refractivity (Wildman–Crippen MR) is 102 cm³/mol. The third kappa shape index (κ3) is 5.53. The molecule has 21 heavy (non-hydrogen) atoms. The lowest BCUT2D eigenvalue weighted by Crippen LogP contribution is -2.38. The molecule has 0 aliphatic carbocycles. The fourth-order valence-electron chi connectivity index (χ4n) is 2.06. The molecule has 4 heteroatoms. The first kappa shape index (κ1) is 17.8. The number of hydrogen-bond acceptors (Lipinski definition) is 1. The Balaban J connectivity index is 0.00000220. The third-order valence-corrected chi connectivity index (χ3v) is 3.18. The van der Waals surface area contributed by atoms with Crippen LogP contribution in [0.3, 0.4) is 0 Å². The molecule has 0 spiro atoms. The topological polar surface area (TPSA) is 36.4 Å². The predicted octanol–water partition coefficient (Wildman–Crippen LogP) is 3.78. The van der Waals surface area contributed by atoms with Gasteiger partial charge in [0.05, 0.1) is 0 Å². The number of halogens is 1. The molecule has 0 saturated heterocycles. The first-order valence-electron chi connectivity index (χ1n) is 7.11. The number of nitrogens with one attached hydrogen (secondary N) is 2. The number of nitrogens with zero attached hydrogens (tertiary/aromatic N) is 1. The van der Waals surface area contributed by atoms with Crippen molar-refractivity contribution in [1.82, 2.24) is 10.6 Å². The van der Waals surface area contributed by atoms with Gasteiger partial charge in [0.2, 0.25) is 0 Å². The van der Waals surface area contributed by atoms with E-state index < -0.39 is 0 Å². The third-order valence-electron chi connectivity index (χ3n) is 3.18. The molecular formula is C17H24IN3. The van der Waals surface area contributed by atoms with Crippen molar-refractivity contribution in [2.24, 2.45) is 10.9 Å². The van der Waals surface area contributed by atoms with Gasteiger partial charge in [-0.25, -0.2) is 0 Å². The van der Waals surface area contributed by atoms with Crippen LogP contribution in [0.15, 0.2) is 47.5 Å². The van der Waals surface area contributed by atoms with Crippen molar-refractivity contribution in [3.63, 3.8) is 0 Å². The highest BCUT2D eigenvalue weighted by molar-refractivity contribution is 14.0. The number of rotatable bonds is 4. The lowest BCUT2D eigenvalue weighted by Gasteiger charge is -2.13. The molecule has 0 aliphatic rings. The van der Waals surface area contributed by atoms with Crippen LogP contribution in [0, 0.1) is 5.92 Å². The summed E-state index contributed by atoms with van der Waals surface area (Å²) in [6, 6.07) is 15.0. The highest BCUT2D eigenvalue weighted by Crippen LogP contribution is 2.15. The number of guanidine groups is 1. The van der Waals surface area contributed by atoms with E-state index in [4.69, 9.17) is 0 Å². The number of hydrogen-bond donors (Lipinski definition) is 2. The van der Waals surface area contributed by atoms with E-state index in [1.54, 1.807) is 7.05 Å². The van der Waals surface area contributed by atoms with Crippen molar-refractivity contribution >= 4 is 40.7 Å². The maximum atomic E-state index is 4.23. The minimum Gasteiger partial charge on any atom is -0.356 e. The molecule has 2 rings (SSSR count). The van der Waals surface area contributed by atoms with Gasteiger partial charge in [-0.05, 0) is 28.3 Å². The zero-order chi connectivity index (χ0) is 14.4. The van der Waals surface area contributed by atoms with Crippen LogP contribution in [0.4, 0.5) is 0 Å². The van der Waals surface area contributed by atoms with Crippen molar-refractivity contribution in [2.75, 3.05) is 13.6 Å². The second kappa shape index (κ2) is 8.87. The van der Waals surface area contributed by atoms with Crippen LogP contribution in [-0.4, -0.2) is 19.6 Å². The standard InChI is InChI=1S/C17H23N3.HI/c1-13(2)11-19-17(18-3)20-12-14-8-9-15-6-4-5-7-16(15)10-14;/h4-10,13H,11-12H2,1-3H3,(H2,18,19,20);1H. The fourth-order valence-corrected chi connectivity index (χ4v) is 2.06. The molecule has 0 fully saturated rings. The molecule has 2 aromatic carbocycles. The normalized spacial score (nSPS) is 11.3. The highest BCUT2D eigenvalue weighted by Gasteiger charge is 2.00. The molecule has 0 aromatic heterocycles. The van der Waals surface area contributed by atoms with Gasteiger partial charge in [0, 0.05) is 20.1 Å². The smallest absolute Gasteiger partial charge is 0.191 e. The minimum atomic E-state index is 0. The molecule has 0 saturated carbocycles. The Bertz CT molecular complexity index is 593. The quantitative estimate of drug-likeness (QED) is 0.468. The molecule has 0 bridgehead atoms. The fraction of sp³-hybridized carbons (Fsp3) is 0.353. The van der Waals surface area contributed by atoms with Gasteiger partial charge in [0.15, 0.2) is 5.96 Å². The Labute approximate surface area is 144 Å². The first-order chi connectivity index (χ1) is 9.69. The van der Waals surface area contributed by atoms with Crippen LogP contribution in [-0.2, 0) is 6.54 Å². The van der Waals surface area contributed by atoms with Crippen molar-refractivity contribution in [3.05, 3.63) is 48.0 Å². The zero-order valence-electron chi connectivity index (χ0n) is 12.9. The molecule has 2 N–H and O–H groups in total. The summed E-state index contributed by atoms with van der Waals surface area (Å²) in [5, 5.41) is 9.21.